The van der Waals surface area contributed by atoms with Crippen molar-refractivity contribution in [3.63, 3.8) is 0 Å². The van der Waals surface area contributed by atoms with Gasteiger partial charge in [0.1, 0.15) is 0 Å². The number of hydrogen-bond acceptors (Lipinski definition) is 4. The van der Waals surface area contributed by atoms with E-state index in [1.165, 1.54) is 22.4 Å². The number of likely N-dealkylation sites (tertiary alicyclic amines) is 1. The second-order valence-corrected chi connectivity index (χ2v) is 9.96. The third-order valence-corrected chi connectivity index (χ3v) is 8.01. The summed E-state index contributed by atoms with van der Waals surface area (Å²) in [5, 5.41) is 0.114. The van der Waals surface area contributed by atoms with E-state index < -0.39 is 10.0 Å². The fourth-order valence-corrected chi connectivity index (χ4v) is 5.79. The molecule has 29 heavy (non-hydrogen) atoms. The lowest BCUT2D eigenvalue weighted by Crippen LogP contribution is -2.46. The predicted molar refractivity (Wildman–Crippen MR) is 110 cm³/mol. The highest BCUT2D eigenvalue weighted by atomic mass is 32.2. The van der Waals surface area contributed by atoms with Gasteiger partial charge < -0.3 is 9.88 Å². The number of piperidine rings is 2. The number of nitrogens with one attached hydrogen (secondary N) is 1. The zero-order chi connectivity index (χ0) is 20.3. The maximum Gasteiger partial charge on any atom is 0.260 e. The molecule has 156 valence electrons. The minimum Gasteiger partial charge on any atom is -0.342 e. The Bertz CT molecular complexity index is 899. The second-order valence-electron chi connectivity index (χ2n) is 8.05. The zero-order valence-electron chi connectivity index (χ0n) is 16.5. The van der Waals surface area contributed by atoms with Crippen LogP contribution in [0.15, 0.2) is 47.9 Å². The Morgan fingerprint density at radius 3 is 2.34 bits per heavy atom. The number of sulfonamides is 1. The molecule has 1 aromatic heterocycles. The first-order valence-electron chi connectivity index (χ1n) is 10.4. The standard InChI is InChI=1S/C21H28N4O3S/c26-21(24-10-6-18(7-11-24)14-17-4-2-1-3-5-17)19-8-12-25(13-9-19)29(27,28)20-15-22-16-23-20/h1-5,15-16,18-19H,6-14H2,(H,22,23). The summed E-state index contributed by atoms with van der Waals surface area (Å²) in [4.78, 5) is 21.4. The van der Waals surface area contributed by atoms with Crippen molar-refractivity contribution in [2.24, 2.45) is 11.8 Å². The van der Waals surface area contributed by atoms with E-state index >= 15 is 0 Å². The van der Waals surface area contributed by atoms with E-state index in [1.54, 1.807) is 0 Å². The Kier molecular flexibility index (Phi) is 6.01. The average molecular weight is 417 g/mol. The number of aromatic nitrogens is 2. The van der Waals surface area contributed by atoms with E-state index in [2.05, 4.69) is 34.2 Å². The van der Waals surface area contributed by atoms with E-state index in [9.17, 15) is 13.2 Å². The van der Waals surface area contributed by atoms with Gasteiger partial charge in [-0.1, -0.05) is 30.3 Å². The summed E-state index contributed by atoms with van der Waals surface area (Å²) in [5.41, 5.74) is 1.36. The Balaban J connectivity index is 1.26. The second kappa shape index (κ2) is 8.67. The van der Waals surface area contributed by atoms with Crippen LogP contribution in [0.2, 0.25) is 0 Å². The van der Waals surface area contributed by atoms with Crippen LogP contribution in [0.3, 0.4) is 0 Å². The predicted octanol–water partition coefficient (Wildman–Crippen LogP) is 2.29. The summed E-state index contributed by atoms with van der Waals surface area (Å²) in [5.74, 6) is 0.749. The molecular formula is C21H28N4O3S. The molecule has 0 atom stereocenters. The van der Waals surface area contributed by atoms with Gasteiger partial charge in [-0.05, 0) is 43.6 Å². The minimum absolute atomic E-state index is 0.0751. The van der Waals surface area contributed by atoms with Crippen LogP contribution in [-0.2, 0) is 21.2 Å². The molecule has 4 rings (SSSR count). The van der Waals surface area contributed by atoms with Gasteiger partial charge in [-0.15, -0.1) is 0 Å². The van der Waals surface area contributed by atoms with Gasteiger partial charge in [0, 0.05) is 32.1 Å². The molecule has 2 fully saturated rings. The molecule has 0 aliphatic carbocycles. The molecular weight excluding hydrogens is 388 g/mol. The first-order chi connectivity index (χ1) is 14.0. The molecule has 3 heterocycles. The summed E-state index contributed by atoms with van der Waals surface area (Å²) < 4.78 is 26.6. The Morgan fingerprint density at radius 2 is 1.72 bits per heavy atom. The van der Waals surface area contributed by atoms with E-state index in [-0.39, 0.29) is 16.9 Å². The summed E-state index contributed by atoms with van der Waals surface area (Å²) in [6.07, 6.45) is 7.00. The first kappa shape index (κ1) is 20.1. The maximum absolute atomic E-state index is 12.9. The number of hydrogen-bond donors (Lipinski definition) is 1. The number of aromatic amines is 1. The number of benzene rings is 1. The van der Waals surface area contributed by atoms with Crippen molar-refractivity contribution in [2.45, 2.75) is 37.1 Å². The van der Waals surface area contributed by atoms with Crippen LogP contribution in [0.5, 0.6) is 0 Å². The van der Waals surface area contributed by atoms with Crippen molar-refractivity contribution in [3.05, 3.63) is 48.4 Å². The quantitative estimate of drug-likeness (QED) is 0.810. The lowest BCUT2D eigenvalue weighted by molar-refractivity contribution is -0.138. The fraction of sp³-hybridized carbons (Fsp3) is 0.524. The molecule has 1 aromatic carbocycles. The minimum atomic E-state index is -3.54. The number of amides is 1. The number of carbonyl (C=O) groups excluding carboxylic acids is 1. The number of rotatable bonds is 5. The first-order valence-corrected chi connectivity index (χ1v) is 11.8. The van der Waals surface area contributed by atoms with E-state index in [1.807, 2.05) is 11.0 Å². The monoisotopic (exact) mass is 416 g/mol. The third-order valence-electron chi connectivity index (χ3n) is 6.19. The van der Waals surface area contributed by atoms with Gasteiger partial charge in [-0.2, -0.15) is 4.31 Å². The number of carbonyl (C=O) groups is 1. The van der Waals surface area contributed by atoms with Gasteiger partial charge in [0.2, 0.25) is 5.91 Å². The average Bonchev–Trinajstić information content (AvgIpc) is 3.31. The molecule has 0 bridgehead atoms. The van der Waals surface area contributed by atoms with Crippen LogP contribution in [0.4, 0.5) is 0 Å². The third kappa shape index (κ3) is 4.53. The van der Waals surface area contributed by atoms with Crippen molar-refractivity contribution in [2.75, 3.05) is 26.2 Å². The molecule has 2 aromatic rings. The van der Waals surface area contributed by atoms with Crippen molar-refractivity contribution < 1.29 is 13.2 Å². The van der Waals surface area contributed by atoms with E-state index in [0.29, 0.717) is 31.8 Å². The lowest BCUT2D eigenvalue weighted by Gasteiger charge is -2.37. The molecule has 0 saturated carbocycles. The smallest absolute Gasteiger partial charge is 0.260 e. The Morgan fingerprint density at radius 1 is 1.03 bits per heavy atom. The van der Waals surface area contributed by atoms with Gasteiger partial charge >= 0.3 is 0 Å². The molecule has 2 saturated heterocycles. The largest absolute Gasteiger partial charge is 0.342 e. The van der Waals surface area contributed by atoms with E-state index in [0.717, 1.165) is 32.4 Å². The van der Waals surface area contributed by atoms with Crippen LogP contribution in [-0.4, -0.2) is 59.7 Å². The van der Waals surface area contributed by atoms with Crippen LogP contribution in [0.1, 0.15) is 31.2 Å². The molecule has 8 heteroatoms. The van der Waals surface area contributed by atoms with Crippen LogP contribution in [0.25, 0.3) is 0 Å². The summed E-state index contributed by atoms with van der Waals surface area (Å²) in [6, 6.07) is 10.5. The summed E-state index contributed by atoms with van der Waals surface area (Å²) in [7, 11) is -3.54. The molecule has 0 spiro atoms. The normalized spacial score (nSPS) is 20.1. The van der Waals surface area contributed by atoms with Crippen molar-refractivity contribution in [1.29, 1.82) is 0 Å². The molecule has 7 nitrogen and oxygen atoms in total. The highest BCUT2D eigenvalue weighted by Crippen LogP contribution is 2.27. The van der Waals surface area contributed by atoms with Gasteiger partial charge in [-0.25, -0.2) is 13.4 Å². The molecule has 0 radical (unpaired) electrons. The van der Waals surface area contributed by atoms with Crippen LogP contribution >= 0.6 is 0 Å². The van der Waals surface area contributed by atoms with Gasteiger partial charge in [-0.3, -0.25) is 4.79 Å². The number of imidazole rings is 1. The SMILES string of the molecule is O=C(C1CCN(S(=O)(=O)c2cnc[nH]2)CC1)N1CCC(Cc2ccccc2)CC1. The zero-order valence-corrected chi connectivity index (χ0v) is 17.4. The topological polar surface area (TPSA) is 86.4 Å². The highest BCUT2D eigenvalue weighted by molar-refractivity contribution is 7.89. The Hall–Kier alpha value is -2.19. The van der Waals surface area contributed by atoms with Crippen LogP contribution in [0, 0.1) is 11.8 Å². The molecule has 1 N–H and O–H groups in total. The lowest BCUT2D eigenvalue weighted by atomic mass is 9.89. The van der Waals surface area contributed by atoms with Gasteiger partial charge in [0.15, 0.2) is 5.03 Å². The molecule has 0 unspecified atom stereocenters. The van der Waals surface area contributed by atoms with Crippen molar-refractivity contribution in [3.8, 4) is 0 Å². The summed E-state index contributed by atoms with van der Waals surface area (Å²) in [6.45, 7) is 2.37. The van der Waals surface area contributed by atoms with Crippen molar-refractivity contribution >= 4 is 15.9 Å². The number of H-pyrrole nitrogens is 1. The highest BCUT2D eigenvalue weighted by Gasteiger charge is 2.35. The van der Waals surface area contributed by atoms with Crippen LogP contribution < -0.4 is 0 Å². The molecule has 2 aliphatic rings. The van der Waals surface area contributed by atoms with Gasteiger partial charge in [0.05, 0.1) is 12.5 Å². The van der Waals surface area contributed by atoms with Gasteiger partial charge in [0.25, 0.3) is 10.0 Å². The maximum atomic E-state index is 12.9. The molecule has 2 aliphatic heterocycles. The Labute approximate surface area is 172 Å². The fourth-order valence-electron chi connectivity index (χ4n) is 4.43. The molecule has 1 amide bonds. The summed E-state index contributed by atoms with van der Waals surface area (Å²) >= 11 is 0. The van der Waals surface area contributed by atoms with E-state index in [4.69, 9.17) is 0 Å². The van der Waals surface area contributed by atoms with Crippen molar-refractivity contribution in [1.82, 2.24) is 19.2 Å². The number of nitrogens with zero attached hydrogens (tertiary/aromatic N) is 3.